The minimum absolute atomic E-state index is 0.399. The Balaban J connectivity index is 1.25. The third-order valence-electron chi connectivity index (χ3n) is 14.2. The zero-order chi connectivity index (χ0) is 44.8. The number of benzene rings is 10. The molecule has 0 aliphatic rings. The second-order valence-corrected chi connectivity index (χ2v) is 18.5. The molecule has 0 N–H and O–H groups in total. The smallest absolute Gasteiger partial charge is 0.220 e. The van der Waals surface area contributed by atoms with E-state index in [2.05, 4.69) is 140 Å². The lowest BCUT2D eigenvalue weighted by Crippen LogP contribution is -2.08. The molecule has 6 nitrogen and oxygen atoms in total. The molecule has 7 heteroatoms. The Morgan fingerprint density at radius 3 is 1.90 bits per heavy atom. The number of hydrogen-bond acceptors (Lipinski definition) is 4. The van der Waals surface area contributed by atoms with Crippen LogP contribution in [0, 0.1) is 17.9 Å². The van der Waals surface area contributed by atoms with Crippen LogP contribution < -0.4 is 0 Å². The van der Waals surface area contributed by atoms with E-state index in [9.17, 15) is 11.8 Å². The number of hydrogen-bond donors (Lipinski definition) is 0. The number of fused-ring (bicyclic) bond motifs is 14. The summed E-state index contributed by atoms with van der Waals surface area (Å²) in [4.78, 5) is 9.15. The van der Waals surface area contributed by atoms with Crippen molar-refractivity contribution in [1.82, 2.24) is 14.1 Å². The molecule has 0 saturated heterocycles. The number of nitriles is 1. The molecule has 0 aliphatic heterocycles. The second-order valence-electron chi connectivity index (χ2n) is 17.5. The molecule has 0 aliphatic carbocycles. The first-order chi connectivity index (χ1) is 33.7. The zero-order valence-corrected chi connectivity index (χ0v) is 36.8. The van der Waals surface area contributed by atoms with Crippen LogP contribution in [-0.2, 0) is 0 Å². The average molecular weight is 882 g/mol. The van der Waals surface area contributed by atoms with Crippen LogP contribution in [0.1, 0.15) is 5.56 Å². The highest BCUT2D eigenvalue weighted by Crippen LogP contribution is 2.55. The number of furan rings is 1. The standard InChI is InChI=1S/C61H31N5OS/c1-63-56-51(34-14-4-2-5-15-34)44(32-62)57(52(35-16-6-3-7-17-35)59(56)65-46-22-12-20-39-36-30-31-64-33-45(36)40-21-13-23-47(65)54(40)53(39)46)66-48-29-28-41-37-18-8-10-24-49(37)67-60(41)55(48)43-27-26-42-38-19-9-11-25-50(38)68-61(42)58(43)66/h2-31,33H. The van der Waals surface area contributed by atoms with Crippen LogP contribution >= 0.6 is 11.3 Å². The molecule has 0 unspecified atom stereocenters. The first kappa shape index (κ1) is 37.0. The summed E-state index contributed by atoms with van der Waals surface area (Å²) in [5.41, 5.74) is 10.7. The van der Waals surface area contributed by atoms with Gasteiger partial charge in [0.25, 0.3) is 0 Å². The molecule has 0 fully saturated rings. The van der Waals surface area contributed by atoms with Gasteiger partial charge in [0, 0.05) is 71.3 Å². The van der Waals surface area contributed by atoms with Gasteiger partial charge in [0.15, 0.2) is 0 Å². The van der Waals surface area contributed by atoms with Gasteiger partial charge in [0.1, 0.15) is 17.2 Å². The molecular formula is C61H31N5OS. The van der Waals surface area contributed by atoms with Crippen LogP contribution in [0.5, 0.6) is 0 Å². The molecule has 15 aromatic rings. The summed E-state index contributed by atoms with van der Waals surface area (Å²) in [6, 6.07) is 63.8. The monoisotopic (exact) mass is 881 g/mol. The van der Waals surface area contributed by atoms with E-state index in [0.29, 0.717) is 28.2 Å². The first-order valence-electron chi connectivity index (χ1n) is 22.5. The first-order valence-corrected chi connectivity index (χ1v) is 23.4. The lowest BCUT2D eigenvalue weighted by Gasteiger charge is -2.25. The van der Waals surface area contributed by atoms with Gasteiger partial charge in [-0.2, -0.15) is 5.26 Å². The summed E-state index contributed by atoms with van der Waals surface area (Å²) in [6.45, 7) is 9.32. The Labute approximate surface area is 391 Å². The second kappa shape index (κ2) is 13.6. The van der Waals surface area contributed by atoms with Gasteiger partial charge in [-0.15, -0.1) is 11.3 Å². The molecule has 0 radical (unpaired) electrons. The van der Waals surface area contributed by atoms with Gasteiger partial charge in [-0.3, -0.25) is 4.98 Å². The van der Waals surface area contributed by atoms with Gasteiger partial charge in [-0.05, 0) is 69.8 Å². The van der Waals surface area contributed by atoms with E-state index >= 15 is 0 Å². The van der Waals surface area contributed by atoms with Crippen molar-refractivity contribution in [3.63, 3.8) is 0 Å². The fourth-order valence-corrected chi connectivity index (χ4v) is 12.8. The van der Waals surface area contributed by atoms with Gasteiger partial charge in [-0.25, -0.2) is 4.85 Å². The molecule has 5 aromatic heterocycles. The number of para-hydroxylation sites is 1. The van der Waals surface area contributed by atoms with Crippen molar-refractivity contribution in [1.29, 1.82) is 5.26 Å². The van der Waals surface area contributed by atoms with Gasteiger partial charge in [0.2, 0.25) is 5.69 Å². The minimum Gasteiger partial charge on any atom is -0.455 e. The molecule has 68 heavy (non-hydrogen) atoms. The van der Waals surface area contributed by atoms with Crippen molar-refractivity contribution < 1.29 is 4.42 Å². The molecule has 0 saturated carbocycles. The van der Waals surface area contributed by atoms with Crippen molar-refractivity contribution in [3.05, 3.63) is 205 Å². The number of aromatic nitrogens is 3. The molecule has 0 amide bonds. The number of thiophene rings is 1. The lowest BCUT2D eigenvalue weighted by molar-refractivity contribution is 0.673. The van der Waals surface area contributed by atoms with Crippen molar-refractivity contribution in [2.45, 2.75) is 0 Å². The highest BCUT2D eigenvalue weighted by atomic mass is 32.1. The molecule has 15 rings (SSSR count). The molecule has 0 atom stereocenters. The van der Waals surface area contributed by atoms with Crippen LogP contribution in [0.15, 0.2) is 193 Å². The molecule has 0 bridgehead atoms. The van der Waals surface area contributed by atoms with Crippen LogP contribution in [-0.4, -0.2) is 14.1 Å². The maximum absolute atomic E-state index is 12.0. The highest BCUT2D eigenvalue weighted by molar-refractivity contribution is 7.26. The quantitative estimate of drug-likeness (QED) is 0.131. The summed E-state index contributed by atoms with van der Waals surface area (Å²) >= 11 is 1.77. The minimum atomic E-state index is 0.399. The largest absolute Gasteiger partial charge is 0.455 e. The van der Waals surface area contributed by atoms with E-state index in [1.807, 2.05) is 73.1 Å². The summed E-state index contributed by atoms with van der Waals surface area (Å²) in [5.74, 6) is 0. The summed E-state index contributed by atoms with van der Waals surface area (Å²) in [6.07, 6.45) is 3.83. The van der Waals surface area contributed by atoms with E-state index < -0.39 is 0 Å². The number of rotatable bonds is 4. The maximum Gasteiger partial charge on any atom is 0.220 e. The Hall–Kier alpha value is -9.27. The van der Waals surface area contributed by atoms with Crippen molar-refractivity contribution in [2.75, 3.05) is 0 Å². The van der Waals surface area contributed by atoms with E-state index in [1.54, 1.807) is 11.3 Å². The molecular weight excluding hydrogens is 851 g/mol. The van der Waals surface area contributed by atoms with Gasteiger partial charge >= 0.3 is 0 Å². The maximum atomic E-state index is 12.0. The van der Waals surface area contributed by atoms with Crippen LogP contribution in [0.25, 0.3) is 146 Å². The Morgan fingerprint density at radius 2 is 1.15 bits per heavy atom. The zero-order valence-electron chi connectivity index (χ0n) is 36.0. The predicted octanol–water partition coefficient (Wildman–Crippen LogP) is 17.0. The molecule has 10 aromatic carbocycles. The fourth-order valence-electron chi connectivity index (χ4n) is 11.6. The normalized spacial score (nSPS) is 12.1. The van der Waals surface area contributed by atoms with Crippen LogP contribution in [0.2, 0.25) is 0 Å². The van der Waals surface area contributed by atoms with Crippen LogP contribution in [0.4, 0.5) is 5.69 Å². The van der Waals surface area contributed by atoms with Crippen molar-refractivity contribution in [2.24, 2.45) is 0 Å². The lowest BCUT2D eigenvalue weighted by atomic mass is 9.88. The molecule has 0 spiro atoms. The topological polar surface area (TPSA) is 64.0 Å². The van der Waals surface area contributed by atoms with Gasteiger partial charge < -0.3 is 13.6 Å². The third kappa shape index (κ3) is 4.69. The van der Waals surface area contributed by atoms with Gasteiger partial charge in [-0.1, -0.05) is 133 Å². The SMILES string of the molecule is [C-]#[N+]c1c(-c2ccccc2)c(C#N)c(-n2c3ccc4c5ccccc5oc4c3c3ccc4c5ccccc5sc4c32)c(-c2ccccc2)c1-n1c2cccc3c4ccncc4c4cccc1c4c32. The van der Waals surface area contributed by atoms with E-state index in [-0.39, 0.29) is 0 Å². The van der Waals surface area contributed by atoms with Crippen molar-refractivity contribution in [3.8, 4) is 39.7 Å². The Kier molecular flexibility index (Phi) is 7.42. The van der Waals surface area contributed by atoms with Gasteiger partial charge in [0.05, 0.1) is 55.7 Å². The third-order valence-corrected chi connectivity index (χ3v) is 15.4. The van der Waals surface area contributed by atoms with E-state index in [1.165, 1.54) is 10.1 Å². The number of nitrogens with zero attached hydrogens (tertiary/aromatic N) is 5. The van der Waals surface area contributed by atoms with Crippen LogP contribution in [0.3, 0.4) is 0 Å². The summed E-state index contributed by atoms with van der Waals surface area (Å²) in [5, 5.41) is 25.1. The van der Waals surface area contributed by atoms with E-state index in [0.717, 1.165) is 114 Å². The Morgan fingerprint density at radius 1 is 0.515 bits per heavy atom. The number of pyridine rings is 1. The molecule has 312 valence electrons. The highest BCUT2D eigenvalue weighted by Gasteiger charge is 2.33. The average Bonchev–Trinajstić information content (AvgIpc) is 4.16. The molecule has 5 heterocycles. The Bertz CT molecular complexity index is 4660. The van der Waals surface area contributed by atoms with Crippen molar-refractivity contribution >= 4 is 124 Å². The summed E-state index contributed by atoms with van der Waals surface area (Å²) in [7, 11) is 0. The fraction of sp³-hybridized carbons (Fsp3) is 0. The summed E-state index contributed by atoms with van der Waals surface area (Å²) < 4.78 is 13.8. The predicted molar refractivity (Wildman–Crippen MR) is 281 cm³/mol. The van der Waals surface area contributed by atoms with E-state index in [4.69, 9.17) is 4.42 Å².